The first-order chi connectivity index (χ1) is 15.0. The maximum Gasteiger partial charge on any atom is 0.278 e. The molecule has 0 saturated carbocycles. The van der Waals surface area contributed by atoms with Crippen LogP contribution in [0, 0.1) is 0 Å². The molecule has 0 radical (unpaired) electrons. The van der Waals surface area contributed by atoms with Crippen molar-refractivity contribution in [3.8, 4) is 22.8 Å². The summed E-state index contributed by atoms with van der Waals surface area (Å²) in [6.45, 7) is 5.10. The second-order valence-corrected chi connectivity index (χ2v) is 8.21. The first-order valence-corrected chi connectivity index (χ1v) is 10.9. The number of nitrogens with one attached hydrogen (secondary N) is 2. The Hall–Kier alpha value is -3.33. The summed E-state index contributed by atoms with van der Waals surface area (Å²) in [6, 6.07) is 12.9. The Kier molecular flexibility index (Phi) is 6.22. The van der Waals surface area contributed by atoms with Gasteiger partial charge in [0, 0.05) is 11.3 Å². The number of anilines is 1. The molecular weight excluding hydrogens is 416 g/mol. The van der Waals surface area contributed by atoms with Crippen LogP contribution in [-0.2, 0) is 4.79 Å². The van der Waals surface area contributed by atoms with Gasteiger partial charge in [0.15, 0.2) is 22.3 Å². The monoisotopic (exact) mass is 438 g/mol. The number of benzene rings is 2. The Bertz CT molecular complexity index is 1160. The average Bonchev–Trinajstić information content (AvgIpc) is 2.77. The zero-order valence-corrected chi connectivity index (χ0v) is 18.0. The van der Waals surface area contributed by atoms with E-state index in [1.807, 2.05) is 24.3 Å². The van der Waals surface area contributed by atoms with E-state index in [0.717, 1.165) is 23.0 Å². The summed E-state index contributed by atoms with van der Waals surface area (Å²) in [5, 5.41) is 11.3. The molecule has 8 nitrogen and oxygen atoms in total. The minimum absolute atomic E-state index is 0.0976. The summed E-state index contributed by atoms with van der Waals surface area (Å²) in [7, 11) is 0. The first-order valence-electron chi connectivity index (χ1n) is 9.90. The quantitative estimate of drug-likeness (QED) is 0.568. The molecule has 2 aromatic carbocycles. The number of rotatable bonds is 6. The number of aromatic amines is 1. The van der Waals surface area contributed by atoms with Crippen molar-refractivity contribution in [2.24, 2.45) is 0 Å². The highest BCUT2D eigenvalue weighted by Crippen LogP contribution is 2.33. The number of aromatic nitrogens is 3. The summed E-state index contributed by atoms with van der Waals surface area (Å²) >= 11 is 1.12. The number of carbonyl (C=O) groups excluding carboxylic acids is 1. The Morgan fingerprint density at radius 1 is 1.13 bits per heavy atom. The van der Waals surface area contributed by atoms with Crippen molar-refractivity contribution in [2.45, 2.75) is 24.9 Å². The van der Waals surface area contributed by atoms with Crippen molar-refractivity contribution in [1.82, 2.24) is 15.2 Å². The topological polar surface area (TPSA) is 106 Å². The van der Waals surface area contributed by atoms with Crippen molar-refractivity contribution >= 4 is 23.4 Å². The largest absolute Gasteiger partial charge is 0.486 e. The predicted octanol–water partition coefficient (Wildman–Crippen LogP) is 3.46. The molecule has 0 saturated heterocycles. The number of carbonyl (C=O) groups is 1. The highest BCUT2D eigenvalue weighted by Gasteiger charge is 2.16. The van der Waals surface area contributed by atoms with Gasteiger partial charge in [0.05, 0.1) is 5.75 Å². The number of para-hydroxylation sites is 1. The highest BCUT2D eigenvalue weighted by molar-refractivity contribution is 7.99. The first kappa shape index (κ1) is 20.9. The van der Waals surface area contributed by atoms with Crippen LogP contribution in [0.3, 0.4) is 0 Å². The van der Waals surface area contributed by atoms with E-state index in [2.05, 4.69) is 34.3 Å². The number of amides is 1. The summed E-state index contributed by atoms with van der Waals surface area (Å²) in [5.74, 6) is 1.41. The SMILES string of the molecule is CC(C)c1ccccc1NC(=O)CSc1nnc(-c2ccc3c(c2)OCCO3)c(=O)[nH]1. The molecule has 4 rings (SSSR count). The Morgan fingerprint density at radius 2 is 1.90 bits per heavy atom. The summed E-state index contributed by atoms with van der Waals surface area (Å²) in [6.07, 6.45) is 0. The summed E-state index contributed by atoms with van der Waals surface area (Å²) in [5.41, 5.74) is 2.23. The van der Waals surface area contributed by atoms with Gasteiger partial charge < -0.3 is 14.8 Å². The van der Waals surface area contributed by atoms with Gasteiger partial charge in [-0.3, -0.25) is 14.6 Å². The third-order valence-electron chi connectivity index (χ3n) is 4.69. The summed E-state index contributed by atoms with van der Waals surface area (Å²) in [4.78, 5) is 27.6. The molecule has 1 aromatic heterocycles. The number of fused-ring (bicyclic) bond motifs is 1. The van der Waals surface area contributed by atoms with Gasteiger partial charge in [-0.2, -0.15) is 0 Å². The van der Waals surface area contributed by atoms with Crippen LogP contribution in [0.5, 0.6) is 11.5 Å². The lowest BCUT2D eigenvalue weighted by atomic mass is 10.0. The van der Waals surface area contributed by atoms with Gasteiger partial charge in [0.25, 0.3) is 5.56 Å². The zero-order valence-electron chi connectivity index (χ0n) is 17.2. The smallest absolute Gasteiger partial charge is 0.278 e. The fourth-order valence-electron chi connectivity index (χ4n) is 3.20. The number of H-pyrrole nitrogens is 1. The van der Waals surface area contributed by atoms with Gasteiger partial charge in [-0.05, 0) is 35.7 Å². The van der Waals surface area contributed by atoms with E-state index < -0.39 is 0 Å². The van der Waals surface area contributed by atoms with Gasteiger partial charge in [0.2, 0.25) is 5.91 Å². The van der Waals surface area contributed by atoms with E-state index in [4.69, 9.17) is 9.47 Å². The fourth-order valence-corrected chi connectivity index (χ4v) is 3.80. The molecule has 31 heavy (non-hydrogen) atoms. The lowest BCUT2D eigenvalue weighted by Crippen LogP contribution is -2.18. The van der Waals surface area contributed by atoms with Crippen LogP contribution >= 0.6 is 11.8 Å². The second-order valence-electron chi connectivity index (χ2n) is 7.25. The lowest BCUT2D eigenvalue weighted by molar-refractivity contribution is -0.113. The van der Waals surface area contributed by atoms with E-state index in [9.17, 15) is 9.59 Å². The molecule has 1 amide bonds. The Balaban J connectivity index is 1.42. The van der Waals surface area contributed by atoms with Crippen LogP contribution in [-0.4, -0.2) is 40.1 Å². The molecular formula is C22H22N4O4S. The molecule has 0 aliphatic carbocycles. The van der Waals surface area contributed by atoms with Gasteiger partial charge in [-0.25, -0.2) is 0 Å². The third kappa shape index (κ3) is 4.88. The van der Waals surface area contributed by atoms with Crippen molar-refractivity contribution in [3.05, 3.63) is 58.4 Å². The standard InChI is InChI=1S/C22H22N4O4S/c1-13(2)15-5-3-4-6-16(15)23-19(27)12-31-22-24-21(28)20(25-26-22)14-7-8-17-18(11-14)30-10-9-29-17/h3-8,11,13H,9-10,12H2,1-2H3,(H,23,27)(H,24,26,28). The maximum atomic E-state index is 12.5. The Morgan fingerprint density at radius 3 is 2.68 bits per heavy atom. The van der Waals surface area contributed by atoms with Crippen LogP contribution in [0.1, 0.15) is 25.3 Å². The zero-order chi connectivity index (χ0) is 21.8. The highest BCUT2D eigenvalue weighted by atomic mass is 32.2. The predicted molar refractivity (Wildman–Crippen MR) is 119 cm³/mol. The maximum absolute atomic E-state index is 12.5. The van der Waals surface area contributed by atoms with Gasteiger partial charge in [-0.1, -0.05) is 43.8 Å². The van der Waals surface area contributed by atoms with E-state index in [-0.39, 0.29) is 28.1 Å². The molecule has 0 unspecified atom stereocenters. The lowest BCUT2D eigenvalue weighted by Gasteiger charge is -2.18. The fraction of sp³-hybridized carbons (Fsp3) is 0.273. The molecule has 2 N–H and O–H groups in total. The molecule has 160 valence electrons. The van der Waals surface area contributed by atoms with Crippen molar-refractivity contribution < 1.29 is 14.3 Å². The molecule has 0 fully saturated rings. The average molecular weight is 439 g/mol. The molecule has 2 heterocycles. The Labute approximate surface area is 183 Å². The third-order valence-corrected chi connectivity index (χ3v) is 5.55. The van der Waals surface area contributed by atoms with Crippen molar-refractivity contribution in [2.75, 3.05) is 24.3 Å². The van der Waals surface area contributed by atoms with Crippen LogP contribution in [0.25, 0.3) is 11.3 Å². The minimum atomic E-state index is -0.389. The van der Waals surface area contributed by atoms with Crippen molar-refractivity contribution in [3.63, 3.8) is 0 Å². The van der Waals surface area contributed by atoms with Crippen LogP contribution in [0.15, 0.2) is 52.4 Å². The molecule has 9 heteroatoms. The molecule has 0 spiro atoms. The number of hydrogen-bond acceptors (Lipinski definition) is 7. The van der Waals surface area contributed by atoms with Gasteiger partial charge in [-0.15, -0.1) is 10.2 Å². The number of thioether (sulfide) groups is 1. The van der Waals surface area contributed by atoms with Gasteiger partial charge in [0.1, 0.15) is 13.2 Å². The minimum Gasteiger partial charge on any atom is -0.486 e. The molecule has 1 aliphatic rings. The number of hydrogen-bond donors (Lipinski definition) is 2. The van der Waals surface area contributed by atoms with Gasteiger partial charge >= 0.3 is 0 Å². The molecule has 3 aromatic rings. The van der Waals surface area contributed by atoms with E-state index in [0.29, 0.717) is 36.2 Å². The molecule has 0 bridgehead atoms. The van der Waals surface area contributed by atoms with E-state index in [1.54, 1.807) is 18.2 Å². The van der Waals surface area contributed by atoms with Crippen LogP contribution in [0.4, 0.5) is 5.69 Å². The second kappa shape index (κ2) is 9.22. The molecule has 0 atom stereocenters. The molecule has 1 aliphatic heterocycles. The van der Waals surface area contributed by atoms with Crippen LogP contribution < -0.4 is 20.3 Å². The van der Waals surface area contributed by atoms with Crippen LogP contribution in [0.2, 0.25) is 0 Å². The van der Waals surface area contributed by atoms with E-state index >= 15 is 0 Å². The normalized spacial score (nSPS) is 12.6. The van der Waals surface area contributed by atoms with Crippen molar-refractivity contribution in [1.29, 1.82) is 0 Å². The number of ether oxygens (including phenoxy) is 2. The summed E-state index contributed by atoms with van der Waals surface area (Å²) < 4.78 is 11.0. The van der Waals surface area contributed by atoms with E-state index in [1.165, 1.54) is 0 Å². The number of nitrogens with zero attached hydrogens (tertiary/aromatic N) is 2.